The predicted molar refractivity (Wildman–Crippen MR) is 113 cm³/mol. The average molecular weight is 418 g/mol. The maximum absolute atomic E-state index is 12.2. The Balaban J connectivity index is 2.63. The Morgan fingerprint density at radius 1 is 1.00 bits per heavy atom. The lowest BCUT2D eigenvalue weighted by Gasteiger charge is -2.30. The second-order valence-corrected chi connectivity index (χ2v) is 9.00. The molecule has 0 saturated heterocycles. The molecule has 0 unspecified atom stereocenters. The molecule has 0 saturated carbocycles. The van der Waals surface area contributed by atoms with Crippen molar-refractivity contribution in [2.24, 2.45) is 0 Å². The fourth-order valence-electron chi connectivity index (χ4n) is 2.89. The van der Waals surface area contributed by atoms with E-state index in [0.717, 1.165) is 25.0 Å². The van der Waals surface area contributed by atoms with Gasteiger partial charge in [-0.25, -0.2) is 0 Å². The monoisotopic (exact) mass is 417 g/mol. The molecule has 1 aromatic carbocycles. The Morgan fingerprint density at radius 3 is 2.17 bits per heavy atom. The number of unbranched alkanes of at least 4 members (excludes halogenated alkanes) is 1. The fourth-order valence-corrected chi connectivity index (χ4v) is 2.89. The van der Waals surface area contributed by atoms with E-state index < -0.39 is 18.8 Å². The van der Waals surface area contributed by atoms with Crippen molar-refractivity contribution in [1.82, 2.24) is 5.32 Å². The Bertz CT molecular complexity index is 627. The van der Waals surface area contributed by atoms with Crippen LogP contribution in [0.2, 0.25) is 0 Å². The van der Waals surface area contributed by atoms with E-state index in [-0.39, 0.29) is 10.8 Å². The third-order valence-electron chi connectivity index (χ3n) is 5.98. The number of aliphatic hydroxyl groups is 1. The molecule has 1 aromatic rings. The quantitative estimate of drug-likeness (QED) is 0.427. The summed E-state index contributed by atoms with van der Waals surface area (Å²) in [6.07, 6.45) is -3.44. The average Bonchev–Trinajstić information content (AvgIpc) is 2.66. The van der Waals surface area contributed by atoms with Crippen LogP contribution in [0.5, 0.6) is 5.75 Å². The van der Waals surface area contributed by atoms with Gasteiger partial charge in [0.2, 0.25) is 0 Å². The van der Waals surface area contributed by atoms with Crippen molar-refractivity contribution >= 4 is 0 Å². The number of hydrogen-bond donors (Lipinski definition) is 2. The van der Waals surface area contributed by atoms with Crippen LogP contribution in [0.1, 0.15) is 78.4 Å². The van der Waals surface area contributed by atoms with Gasteiger partial charge >= 0.3 is 6.18 Å². The summed E-state index contributed by atoms with van der Waals surface area (Å²) >= 11 is 0. The van der Waals surface area contributed by atoms with Crippen LogP contribution in [0, 0.1) is 0 Å². The Kier molecular flexibility index (Phi) is 9.48. The number of benzene rings is 1. The molecule has 29 heavy (non-hydrogen) atoms. The third kappa shape index (κ3) is 7.82. The summed E-state index contributed by atoms with van der Waals surface area (Å²) in [6, 6.07) is 6.45. The first-order chi connectivity index (χ1) is 13.3. The zero-order valence-electron chi connectivity index (χ0n) is 18.7. The van der Waals surface area contributed by atoms with Crippen molar-refractivity contribution in [3.8, 4) is 5.75 Å². The molecule has 6 heteroatoms. The third-order valence-corrected chi connectivity index (χ3v) is 5.98. The lowest BCUT2D eigenvalue weighted by molar-refractivity contribution is -0.201. The van der Waals surface area contributed by atoms with Crippen molar-refractivity contribution in [3.05, 3.63) is 29.3 Å². The van der Waals surface area contributed by atoms with Crippen LogP contribution >= 0.6 is 0 Å². The summed E-state index contributed by atoms with van der Waals surface area (Å²) in [7, 11) is 0. The number of alkyl halides is 3. The summed E-state index contributed by atoms with van der Waals surface area (Å²) in [5.74, 6) is 0.882. The van der Waals surface area contributed by atoms with E-state index in [0.29, 0.717) is 19.6 Å². The van der Waals surface area contributed by atoms with Crippen molar-refractivity contribution in [2.75, 3.05) is 19.7 Å². The maximum Gasteiger partial charge on any atom is 0.415 e. The molecule has 1 atom stereocenters. The number of aliphatic hydroxyl groups excluding tert-OH is 1. The van der Waals surface area contributed by atoms with Crippen LogP contribution in [0.25, 0.3) is 0 Å². The molecule has 0 bridgehead atoms. The van der Waals surface area contributed by atoms with Gasteiger partial charge in [0.1, 0.15) is 5.75 Å². The van der Waals surface area contributed by atoms with Crippen molar-refractivity contribution in [2.45, 2.75) is 90.3 Å². The maximum atomic E-state index is 12.2. The molecular weight excluding hydrogens is 379 g/mol. The molecule has 0 heterocycles. The summed E-state index contributed by atoms with van der Waals surface area (Å²) < 4.78 is 42.8. The van der Waals surface area contributed by atoms with Crippen LogP contribution in [0.3, 0.4) is 0 Å². The zero-order chi connectivity index (χ0) is 22.3. The number of hydrogen-bond acceptors (Lipinski definition) is 3. The van der Waals surface area contributed by atoms with E-state index in [4.69, 9.17) is 9.84 Å². The minimum atomic E-state index is -4.57. The Morgan fingerprint density at radius 2 is 1.62 bits per heavy atom. The molecule has 168 valence electrons. The van der Waals surface area contributed by atoms with Crippen LogP contribution in [0.4, 0.5) is 13.2 Å². The molecule has 0 amide bonds. The molecule has 3 nitrogen and oxygen atoms in total. The molecule has 0 aliphatic carbocycles. The highest BCUT2D eigenvalue weighted by Crippen LogP contribution is 2.38. The smallest absolute Gasteiger partial charge is 0.415 e. The van der Waals surface area contributed by atoms with Gasteiger partial charge in [0, 0.05) is 12.1 Å². The van der Waals surface area contributed by atoms with Crippen molar-refractivity contribution < 1.29 is 23.0 Å². The Labute approximate surface area is 174 Å². The minimum absolute atomic E-state index is 0.00947. The number of nitrogens with one attached hydrogen (secondary N) is 1. The fraction of sp³-hybridized carbons (Fsp3) is 0.739. The van der Waals surface area contributed by atoms with Gasteiger partial charge < -0.3 is 15.2 Å². The van der Waals surface area contributed by atoms with Gasteiger partial charge in [0.15, 0.2) is 6.10 Å². The molecular formula is C23H38F3NO2. The number of rotatable bonds is 12. The molecule has 0 radical (unpaired) electrons. The van der Waals surface area contributed by atoms with Gasteiger partial charge in [-0.1, -0.05) is 53.7 Å². The molecule has 2 N–H and O–H groups in total. The zero-order valence-corrected chi connectivity index (χ0v) is 18.7. The molecule has 0 spiro atoms. The molecule has 1 rings (SSSR count). The van der Waals surface area contributed by atoms with Gasteiger partial charge in [-0.05, 0) is 54.7 Å². The van der Waals surface area contributed by atoms with Crippen molar-refractivity contribution in [3.63, 3.8) is 0 Å². The molecule has 0 aliphatic heterocycles. The molecule has 0 aromatic heterocycles. The van der Waals surface area contributed by atoms with E-state index in [2.05, 4.69) is 65.1 Å². The van der Waals surface area contributed by atoms with E-state index >= 15 is 0 Å². The summed E-state index contributed by atoms with van der Waals surface area (Å²) in [4.78, 5) is 0. The van der Waals surface area contributed by atoms with Gasteiger partial charge in [-0.15, -0.1) is 0 Å². The summed E-state index contributed by atoms with van der Waals surface area (Å²) in [5.41, 5.74) is 2.59. The lowest BCUT2D eigenvalue weighted by atomic mass is 9.76. The normalized spacial score (nSPS) is 14.1. The van der Waals surface area contributed by atoms with Crippen LogP contribution in [-0.4, -0.2) is 37.1 Å². The van der Waals surface area contributed by atoms with Gasteiger partial charge in [-0.2, -0.15) is 13.2 Å². The van der Waals surface area contributed by atoms with Gasteiger partial charge in [-0.3, -0.25) is 0 Å². The molecule has 0 fully saturated rings. The first kappa shape index (κ1) is 25.8. The highest BCUT2D eigenvalue weighted by molar-refractivity contribution is 5.44. The van der Waals surface area contributed by atoms with E-state index in [9.17, 15) is 13.2 Å². The second kappa shape index (κ2) is 10.7. The largest absolute Gasteiger partial charge is 0.493 e. The first-order valence-electron chi connectivity index (χ1n) is 10.6. The highest BCUT2D eigenvalue weighted by Gasteiger charge is 2.37. The molecule has 0 aliphatic rings. The van der Waals surface area contributed by atoms with Gasteiger partial charge in [0.05, 0.1) is 6.61 Å². The Hall–Kier alpha value is -1.27. The van der Waals surface area contributed by atoms with E-state index in [1.165, 1.54) is 11.1 Å². The SMILES string of the molecule is CCC(C)(C)c1ccc(OCCCCNC[C@@H](O)C(F)(F)F)c(C(C)(C)CC)c1. The van der Waals surface area contributed by atoms with Crippen molar-refractivity contribution in [1.29, 1.82) is 0 Å². The summed E-state index contributed by atoms with van der Waals surface area (Å²) in [6.45, 7) is 13.7. The first-order valence-corrected chi connectivity index (χ1v) is 10.6. The van der Waals surface area contributed by atoms with Crippen LogP contribution in [0.15, 0.2) is 18.2 Å². The topological polar surface area (TPSA) is 41.5 Å². The summed E-state index contributed by atoms with van der Waals surface area (Å²) in [5, 5.41) is 11.6. The predicted octanol–water partition coefficient (Wildman–Crippen LogP) is 5.73. The van der Waals surface area contributed by atoms with Crippen LogP contribution < -0.4 is 10.1 Å². The van der Waals surface area contributed by atoms with Gasteiger partial charge in [0.25, 0.3) is 0 Å². The number of ether oxygens (including phenoxy) is 1. The van der Waals surface area contributed by atoms with Crippen LogP contribution in [-0.2, 0) is 10.8 Å². The van der Waals surface area contributed by atoms with E-state index in [1.54, 1.807) is 0 Å². The minimum Gasteiger partial charge on any atom is -0.493 e. The highest BCUT2D eigenvalue weighted by atomic mass is 19.4. The van der Waals surface area contributed by atoms with E-state index in [1.807, 2.05) is 0 Å². The lowest BCUT2D eigenvalue weighted by Crippen LogP contribution is -2.38. The number of halogens is 3. The standard InChI is InChI=1S/C23H38F3NO2/c1-7-21(3,4)17-11-12-19(18(15-17)22(5,6)8-2)29-14-10-9-13-27-16-20(28)23(24,25)26/h11-12,15,20,27-28H,7-10,13-14,16H2,1-6H3/t20-/m1/s1. The second-order valence-electron chi connectivity index (χ2n) is 9.00.